The maximum atomic E-state index is 10.7. The summed E-state index contributed by atoms with van der Waals surface area (Å²) in [4.78, 5) is 18.0. The molecule has 0 aliphatic carbocycles. The number of nitrogens with one attached hydrogen (secondary N) is 1. The van der Waals surface area contributed by atoms with Gasteiger partial charge in [0.2, 0.25) is 12.0 Å². The van der Waals surface area contributed by atoms with Crippen LogP contribution in [0.5, 0.6) is 0 Å². The number of azo groups is 1. The SMILES string of the molecule is CN=[N+](N)c1nc[nH]c1C(N)=O. The number of carbonyl (C=O) groups excluding carboxylic acids is 1. The fourth-order valence-corrected chi connectivity index (χ4v) is 0.737. The third-order valence-corrected chi connectivity index (χ3v) is 1.30. The van der Waals surface area contributed by atoms with Gasteiger partial charge in [-0.3, -0.25) is 4.79 Å². The van der Waals surface area contributed by atoms with Gasteiger partial charge >= 0.3 is 5.82 Å². The van der Waals surface area contributed by atoms with Crippen LogP contribution in [0.2, 0.25) is 0 Å². The number of aromatic nitrogens is 2. The van der Waals surface area contributed by atoms with Gasteiger partial charge in [0.05, 0.1) is 7.05 Å². The predicted octanol–water partition coefficient (Wildman–Crippen LogP) is -0.892. The molecule has 64 valence electrons. The number of carbonyl (C=O) groups is 1. The Hall–Kier alpha value is -1.92. The van der Waals surface area contributed by atoms with Crippen LogP contribution in [0.3, 0.4) is 0 Å². The van der Waals surface area contributed by atoms with Crippen LogP contribution in [0.4, 0.5) is 5.82 Å². The quantitative estimate of drug-likeness (QED) is 0.231. The molecule has 0 spiro atoms. The molecule has 0 bridgehead atoms. The van der Waals surface area contributed by atoms with E-state index in [2.05, 4.69) is 15.1 Å². The van der Waals surface area contributed by atoms with E-state index in [1.54, 1.807) is 0 Å². The van der Waals surface area contributed by atoms with Crippen molar-refractivity contribution in [3.63, 3.8) is 0 Å². The number of hydrogen-bond donors (Lipinski definition) is 3. The number of nitrogens with zero attached hydrogens (tertiary/aromatic N) is 3. The molecular formula is C5H9N6O+. The number of hydrazine groups is 1. The summed E-state index contributed by atoms with van der Waals surface area (Å²) in [5.74, 6) is 4.94. The summed E-state index contributed by atoms with van der Waals surface area (Å²) in [5.41, 5.74) is 5.16. The number of primary amides is 1. The van der Waals surface area contributed by atoms with Crippen LogP contribution in [0.15, 0.2) is 11.4 Å². The summed E-state index contributed by atoms with van der Waals surface area (Å²) in [6.07, 6.45) is 1.32. The van der Waals surface area contributed by atoms with Crippen LogP contribution in [0, 0.1) is 0 Å². The molecule has 0 aliphatic rings. The Bertz CT molecular complexity index is 326. The largest absolute Gasteiger partial charge is 0.398 e. The average Bonchev–Trinajstić information content (AvgIpc) is 2.50. The van der Waals surface area contributed by atoms with Crippen molar-refractivity contribution >= 4 is 11.7 Å². The summed E-state index contributed by atoms with van der Waals surface area (Å²) < 4.78 is 0. The molecule has 0 atom stereocenters. The second-order valence-corrected chi connectivity index (χ2v) is 2.01. The first-order chi connectivity index (χ1) is 5.66. The van der Waals surface area contributed by atoms with Gasteiger partial charge in [0, 0.05) is 0 Å². The first-order valence-electron chi connectivity index (χ1n) is 3.14. The van der Waals surface area contributed by atoms with E-state index in [9.17, 15) is 4.79 Å². The predicted molar refractivity (Wildman–Crippen MR) is 39.6 cm³/mol. The molecule has 1 aromatic heterocycles. The average molecular weight is 169 g/mol. The third kappa shape index (κ3) is 1.24. The van der Waals surface area contributed by atoms with Crippen LogP contribution >= 0.6 is 0 Å². The Morgan fingerprint density at radius 1 is 1.83 bits per heavy atom. The van der Waals surface area contributed by atoms with Gasteiger partial charge in [0.15, 0.2) is 0 Å². The van der Waals surface area contributed by atoms with Gasteiger partial charge in [-0.05, 0) is 9.79 Å². The minimum atomic E-state index is -0.624. The lowest BCUT2D eigenvalue weighted by Gasteiger charge is -1.89. The standard InChI is InChI=1S/C5H8N6O/c1-8-11(7)5-3(4(6)12)9-2-10-5/h2H,1H3,(H4-,6,7,8,9,10,12)/p+1. The molecule has 0 unspecified atom stereocenters. The van der Waals surface area contributed by atoms with Gasteiger partial charge in [-0.2, -0.15) is 0 Å². The van der Waals surface area contributed by atoms with E-state index in [4.69, 9.17) is 11.6 Å². The van der Waals surface area contributed by atoms with E-state index < -0.39 is 5.91 Å². The number of amides is 1. The molecule has 0 aromatic carbocycles. The monoisotopic (exact) mass is 169 g/mol. The molecule has 7 heteroatoms. The highest BCUT2D eigenvalue weighted by molar-refractivity contribution is 5.94. The molecule has 12 heavy (non-hydrogen) atoms. The van der Waals surface area contributed by atoms with Crippen molar-refractivity contribution in [2.24, 2.45) is 16.7 Å². The molecule has 0 saturated carbocycles. The number of hydrogen-bond acceptors (Lipinski definition) is 3. The highest BCUT2D eigenvalue weighted by Crippen LogP contribution is 2.09. The van der Waals surface area contributed by atoms with E-state index in [1.807, 2.05) is 0 Å². The Balaban J connectivity index is 3.16. The first kappa shape index (κ1) is 8.18. The summed E-state index contributed by atoms with van der Waals surface area (Å²) in [7, 11) is 1.47. The van der Waals surface area contributed by atoms with Gasteiger partial charge in [-0.15, -0.1) is 5.11 Å². The maximum absolute atomic E-state index is 10.7. The fraction of sp³-hybridized carbons (Fsp3) is 0.200. The van der Waals surface area contributed by atoms with Crippen molar-refractivity contribution < 1.29 is 9.60 Å². The molecule has 1 aromatic rings. The lowest BCUT2D eigenvalue weighted by molar-refractivity contribution is -0.527. The van der Waals surface area contributed by atoms with Crippen molar-refractivity contribution in [2.75, 3.05) is 7.05 Å². The molecule has 0 radical (unpaired) electrons. The Labute approximate surface area is 68.1 Å². The first-order valence-corrected chi connectivity index (χ1v) is 3.14. The van der Waals surface area contributed by atoms with Crippen molar-refractivity contribution in [1.82, 2.24) is 9.97 Å². The zero-order chi connectivity index (χ0) is 9.14. The van der Waals surface area contributed by atoms with E-state index in [-0.39, 0.29) is 11.5 Å². The molecule has 0 saturated heterocycles. The highest BCUT2D eigenvalue weighted by atomic mass is 16.1. The van der Waals surface area contributed by atoms with Gasteiger partial charge in [0.1, 0.15) is 0 Å². The smallest absolute Gasteiger partial charge is 0.364 e. The number of H-pyrrole nitrogens is 1. The highest BCUT2D eigenvalue weighted by Gasteiger charge is 2.21. The zero-order valence-electron chi connectivity index (χ0n) is 6.48. The van der Waals surface area contributed by atoms with Crippen molar-refractivity contribution in [1.29, 1.82) is 0 Å². The number of aromatic amines is 1. The molecular weight excluding hydrogens is 160 g/mol. The van der Waals surface area contributed by atoms with Crippen LogP contribution in [-0.4, -0.2) is 27.7 Å². The fourth-order valence-electron chi connectivity index (χ4n) is 0.737. The number of nitrogens with two attached hydrogens (primary N) is 2. The minimum absolute atomic E-state index is 0.142. The van der Waals surface area contributed by atoms with Crippen LogP contribution in [-0.2, 0) is 0 Å². The van der Waals surface area contributed by atoms with Crippen LogP contribution in [0.25, 0.3) is 0 Å². The van der Waals surface area contributed by atoms with Crippen LogP contribution in [0.1, 0.15) is 10.5 Å². The third-order valence-electron chi connectivity index (χ3n) is 1.30. The summed E-state index contributed by atoms with van der Waals surface area (Å²) in [5, 5.41) is 3.59. The molecule has 0 aliphatic heterocycles. The topological polar surface area (TPSA) is 113 Å². The summed E-state index contributed by atoms with van der Waals surface area (Å²) in [6.45, 7) is 0. The maximum Gasteiger partial charge on any atom is 0.398 e. The van der Waals surface area contributed by atoms with Crippen LogP contribution < -0.4 is 11.6 Å². The number of rotatable bonds is 2. The van der Waals surface area contributed by atoms with Gasteiger partial charge in [0.25, 0.3) is 5.91 Å². The minimum Gasteiger partial charge on any atom is -0.364 e. The summed E-state index contributed by atoms with van der Waals surface area (Å²) in [6, 6.07) is 0. The van der Waals surface area contributed by atoms with E-state index in [0.29, 0.717) is 0 Å². The van der Waals surface area contributed by atoms with Gasteiger partial charge < -0.3 is 10.7 Å². The summed E-state index contributed by atoms with van der Waals surface area (Å²) >= 11 is 0. The van der Waals surface area contributed by atoms with Crippen molar-refractivity contribution in [3.8, 4) is 0 Å². The lowest BCUT2D eigenvalue weighted by Crippen LogP contribution is -2.18. The van der Waals surface area contributed by atoms with E-state index in [0.717, 1.165) is 4.81 Å². The lowest BCUT2D eigenvalue weighted by atomic mass is 10.4. The Kier molecular flexibility index (Phi) is 2.04. The van der Waals surface area contributed by atoms with Crippen molar-refractivity contribution in [3.05, 3.63) is 12.0 Å². The van der Waals surface area contributed by atoms with E-state index >= 15 is 0 Å². The van der Waals surface area contributed by atoms with Crippen molar-refractivity contribution in [2.45, 2.75) is 0 Å². The second-order valence-electron chi connectivity index (χ2n) is 2.01. The Morgan fingerprint density at radius 2 is 2.50 bits per heavy atom. The van der Waals surface area contributed by atoms with Gasteiger partial charge in [-0.1, -0.05) is 0 Å². The molecule has 1 amide bonds. The Morgan fingerprint density at radius 3 is 3.00 bits per heavy atom. The molecule has 5 N–H and O–H groups in total. The molecule has 1 rings (SSSR count). The molecule has 7 nitrogen and oxygen atoms in total. The zero-order valence-corrected chi connectivity index (χ0v) is 6.48. The number of imidazole rings is 1. The molecule has 0 fully saturated rings. The van der Waals surface area contributed by atoms with E-state index in [1.165, 1.54) is 13.4 Å². The van der Waals surface area contributed by atoms with Gasteiger partial charge in [-0.25, -0.2) is 5.84 Å². The molecule has 1 heterocycles. The second kappa shape index (κ2) is 2.99. The normalized spacial score (nSPS) is 11.6.